The third-order valence-corrected chi connectivity index (χ3v) is 3.95. The van der Waals surface area contributed by atoms with Crippen LogP contribution in [0.25, 0.3) is 11.2 Å². The van der Waals surface area contributed by atoms with E-state index in [2.05, 4.69) is 4.98 Å². The van der Waals surface area contributed by atoms with Crippen LogP contribution < -0.4 is 5.69 Å². The van der Waals surface area contributed by atoms with Gasteiger partial charge in [-0.25, -0.2) is 9.78 Å². The van der Waals surface area contributed by atoms with E-state index < -0.39 is 5.97 Å². The van der Waals surface area contributed by atoms with Gasteiger partial charge in [0.1, 0.15) is 6.54 Å². The second-order valence-electron chi connectivity index (χ2n) is 5.27. The molecule has 0 spiro atoms. The van der Waals surface area contributed by atoms with Gasteiger partial charge in [0.15, 0.2) is 5.65 Å². The van der Waals surface area contributed by atoms with Crippen LogP contribution in [0.3, 0.4) is 0 Å². The van der Waals surface area contributed by atoms with Gasteiger partial charge in [0.2, 0.25) is 0 Å². The van der Waals surface area contributed by atoms with E-state index in [1.807, 2.05) is 6.07 Å². The zero-order valence-corrected chi connectivity index (χ0v) is 11.2. The molecule has 1 aliphatic carbocycles. The van der Waals surface area contributed by atoms with Crippen LogP contribution in [0.15, 0.2) is 23.1 Å². The number of hydrogen-bond acceptors (Lipinski definition) is 3. The number of nitrogens with zero attached hydrogens (tertiary/aromatic N) is 3. The molecule has 1 N–H and O–H groups in total. The third kappa shape index (κ3) is 2.11. The van der Waals surface area contributed by atoms with Gasteiger partial charge >= 0.3 is 11.7 Å². The van der Waals surface area contributed by atoms with E-state index in [-0.39, 0.29) is 18.3 Å². The molecule has 0 amide bonds. The number of fused-ring (bicyclic) bond motifs is 1. The summed E-state index contributed by atoms with van der Waals surface area (Å²) in [5, 5.41) is 8.97. The van der Waals surface area contributed by atoms with Crippen molar-refractivity contribution in [3.8, 4) is 0 Å². The number of carboxylic acid groups (broad SMARTS) is 1. The Bertz CT molecular complexity index is 695. The van der Waals surface area contributed by atoms with Crippen molar-refractivity contribution in [2.24, 2.45) is 0 Å². The van der Waals surface area contributed by atoms with Crippen molar-refractivity contribution in [2.45, 2.75) is 44.7 Å². The molecule has 106 valence electrons. The van der Waals surface area contributed by atoms with Crippen LogP contribution in [0.5, 0.6) is 0 Å². The number of rotatable bonds is 3. The number of imidazole rings is 1. The summed E-state index contributed by atoms with van der Waals surface area (Å²) in [6.07, 6.45) is 6.97. The predicted octanol–water partition coefficient (Wildman–Crippen LogP) is 1.79. The van der Waals surface area contributed by atoms with Crippen molar-refractivity contribution in [3.05, 3.63) is 28.8 Å². The summed E-state index contributed by atoms with van der Waals surface area (Å²) in [4.78, 5) is 27.7. The lowest BCUT2D eigenvalue weighted by Crippen LogP contribution is -2.30. The largest absolute Gasteiger partial charge is 0.480 e. The Morgan fingerprint density at radius 2 is 2.10 bits per heavy atom. The molecule has 0 unspecified atom stereocenters. The van der Waals surface area contributed by atoms with Crippen LogP contribution in [0, 0.1) is 0 Å². The zero-order chi connectivity index (χ0) is 14.1. The molecular formula is C14H17N3O3. The lowest BCUT2D eigenvalue weighted by molar-refractivity contribution is -0.137. The maximum atomic E-state index is 12.5. The van der Waals surface area contributed by atoms with E-state index in [9.17, 15) is 9.59 Å². The molecule has 6 heteroatoms. The van der Waals surface area contributed by atoms with Gasteiger partial charge in [-0.15, -0.1) is 0 Å². The molecule has 6 nitrogen and oxygen atoms in total. The van der Waals surface area contributed by atoms with Crippen LogP contribution in [0.4, 0.5) is 0 Å². The van der Waals surface area contributed by atoms with E-state index in [4.69, 9.17) is 5.11 Å². The van der Waals surface area contributed by atoms with Crippen molar-refractivity contribution in [3.63, 3.8) is 0 Å². The van der Waals surface area contributed by atoms with Crippen LogP contribution in [-0.4, -0.2) is 25.2 Å². The molecule has 3 rings (SSSR count). The first-order chi connectivity index (χ1) is 9.68. The van der Waals surface area contributed by atoms with Gasteiger partial charge in [0.25, 0.3) is 0 Å². The maximum Gasteiger partial charge on any atom is 0.331 e. The molecule has 20 heavy (non-hydrogen) atoms. The fraction of sp³-hybridized carbons (Fsp3) is 0.500. The first-order valence-corrected chi connectivity index (χ1v) is 6.96. The summed E-state index contributed by atoms with van der Waals surface area (Å²) in [7, 11) is 0. The lowest BCUT2D eigenvalue weighted by Gasteiger charge is -2.22. The molecule has 0 bridgehead atoms. The Hall–Kier alpha value is -2.11. The molecule has 1 fully saturated rings. The summed E-state index contributed by atoms with van der Waals surface area (Å²) in [5.74, 6) is -1.03. The van der Waals surface area contributed by atoms with Gasteiger partial charge in [-0.3, -0.25) is 13.9 Å². The lowest BCUT2D eigenvalue weighted by atomic mass is 9.95. The number of carboxylic acids is 1. The van der Waals surface area contributed by atoms with Crippen molar-refractivity contribution in [2.75, 3.05) is 0 Å². The number of aromatic nitrogens is 3. The zero-order valence-electron chi connectivity index (χ0n) is 11.2. The Morgan fingerprint density at radius 3 is 2.80 bits per heavy atom. The van der Waals surface area contributed by atoms with Crippen molar-refractivity contribution < 1.29 is 9.90 Å². The topological polar surface area (TPSA) is 77.1 Å². The molecule has 0 saturated heterocycles. The minimum Gasteiger partial charge on any atom is -0.480 e. The fourth-order valence-electron chi connectivity index (χ4n) is 3.08. The fourth-order valence-corrected chi connectivity index (χ4v) is 3.08. The highest BCUT2D eigenvalue weighted by molar-refractivity contribution is 5.74. The van der Waals surface area contributed by atoms with Crippen molar-refractivity contribution in [1.82, 2.24) is 14.1 Å². The van der Waals surface area contributed by atoms with E-state index in [1.54, 1.807) is 16.8 Å². The molecule has 2 heterocycles. The summed E-state index contributed by atoms with van der Waals surface area (Å²) in [6.45, 7) is -0.341. The number of pyridine rings is 1. The van der Waals surface area contributed by atoms with Crippen molar-refractivity contribution in [1.29, 1.82) is 0 Å². The van der Waals surface area contributed by atoms with Crippen LogP contribution in [0.1, 0.15) is 38.1 Å². The predicted molar refractivity (Wildman–Crippen MR) is 73.8 cm³/mol. The van der Waals surface area contributed by atoms with Crippen molar-refractivity contribution >= 4 is 17.1 Å². The van der Waals surface area contributed by atoms with Gasteiger partial charge in [0, 0.05) is 12.2 Å². The van der Waals surface area contributed by atoms with Crippen LogP contribution >= 0.6 is 0 Å². The van der Waals surface area contributed by atoms with Crippen LogP contribution in [0.2, 0.25) is 0 Å². The highest BCUT2D eigenvalue weighted by Gasteiger charge is 2.23. The van der Waals surface area contributed by atoms with Gasteiger partial charge in [0.05, 0.1) is 5.52 Å². The minimum absolute atomic E-state index is 0.165. The molecule has 0 aliphatic heterocycles. The van der Waals surface area contributed by atoms with E-state index in [0.29, 0.717) is 5.65 Å². The summed E-state index contributed by atoms with van der Waals surface area (Å²) < 4.78 is 3.00. The van der Waals surface area contributed by atoms with Gasteiger partial charge in [-0.05, 0) is 25.0 Å². The van der Waals surface area contributed by atoms with E-state index in [0.717, 1.165) is 31.2 Å². The maximum absolute atomic E-state index is 12.5. The van der Waals surface area contributed by atoms with Gasteiger partial charge in [-0.2, -0.15) is 0 Å². The summed E-state index contributed by atoms with van der Waals surface area (Å²) in [6, 6.07) is 3.79. The quantitative estimate of drug-likeness (QED) is 0.926. The summed E-state index contributed by atoms with van der Waals surface area (Å²) >= 11 is 0. The number of aliphatic carboxylic acids is 1. The standard InChI is InChI=1S/C14H17N3O3/c18-12(19)9-16-13-11(7-4-8-15-13)17(14(16)20)10-5-2-1-3-6-10/h4,7-8,10H,1-3,5-6,9H2,(H,18,19). The smallest absolute Gasteiger partial charge is 0.331 e. The average molecular weight is 275 g/mol. The highest BCUT2D eigenvalue weighted by atomic mass is 16.4. The monoisotopic (exact) mass is 275 g/mol. The molecule has 2 aromatic rings. The molecule has 1 aliphatic rings. The molecular weight excluding hydrogens is 258 g/mol. The van der Waals surface area contributed by atoms with E-state index >= 15 is 0 Å². The Morgan fingerprint density at radius 1 is 1.35 bits per heavy atom. The Labute approximate surface area is 115 Å². The Kier molecular flexibility index (Phi) is 3.30. The first kappa shape index (κ1) is 12.9. The first-order valence-electron chi connectivity index (χ1n) is 6.96. The second kappa shape index (κ2) is 5.11. The van der Waals surface area contributed by atoms with Crippen LogP contribution in [-0.2, 0) is 11.3 Å². The average Bonchev–Trinajstić information content (AvgIpc) is 2.72. The summed E-state index contributed by atoms with van der Waals surface area (Å²) in [5.41, 5.74) is 0.948. The van der Waals surface area contributed by atoms with Gasteiger partial charge < -0.3 is 5.11 Å². The number of carbonyl (C=O) groups is 1. The SMILES string of the molecule is O=C(O)Cn1c(=O)n(C2CCCCC2)c2cccnc21. The normalized spacial score (nSPS) is 16.6. The Balaban J connectivity index is 2.18. The second-order valence-corrected chi connectivity index (χ2v) is 5.27. The molecule has 0 radical (unpaired) electrons. The molecule has 1 saturated carbocycles. The minimum atomic E-state index is -1.03. The van der Waals surface area contributed by atoms with E-state index in [1.165, 1.54) is 11.0 Å². The highest BCUT2D eigenvalue weighted by Crippen LogP contribution is 2.29. The molecule has 0 atom stereocenters. The van der Waals surface area contributed by atoms with Gasteiger partial charge in [-0.1, -0.05) is 19.3 Å². The molecule has 0 aromatic carbocycles. The number of hydrogen-bond donors (Lipinski definition) is 1. The molecule has 2 aromatic heterocycles. The third-order valence-electron chi connectivity index (χ3n) is 3.95.